The summed E-state index contributed by atoms with van der Waals surface area (Å²) in [5.41, 5.74) is 3.35. The molecule has 2 aliphatic heterocycles. The van der Waals surface area contributed by atoms with E-state index in [0.717, 1.165) is 48.0 Å². The number of anilines is 2. The minimum atomic E-state index is -0.0223. The summed E-state index contributed by atoms with van der Waals surface area (Å²) in [6, 6.07) is 7.58. The Hall–Kier alpha value is -2.09. The number of Topliss-reactive ketones (excluding diaryl/α,β-unsaturated/α-hetero) is 1. The molecule has 0 unspecified atom stereocenters. The highest BCUT2D eigenvalue weighted by atomic mass is 35.5. The van der Waals surface area contributed by atoms with Crippen molar-refractivity contribution in [1.29, 1.82) is 0 Å². The maximum atomic E-state index is 11.5. The van der Waals surface area contributed by atoms with Crippen LogP contribution in [-0.2, 0) is 11.2 Å². The fraction of sp³-hybridized carbons (Fsp3) is 0.316. The molecule has 0 atom stereocenters. The SMILES string of the molecule is CC(=O)c1ccc(N2CCN(Sc3cc4c(cc3Cl)NC(=O)C4)CC2)cn1. The Morgan fingerprint density at radius 1 is 1.22 bits per heavy atom. The molecule has 140 valence electrons. The van der Waals surface area contributed by atoms with Crippen LogP contribution in [0.1, 0.15) is 23.0 Å². The number of carbonyl (C=O) groups is 2. The highest BCUT2D eigenvalue weighted by Crippen LogP contribution is 2.37. The molecule has 0 radical (unpaired) electrons. The molecule has 2 aromatic rings. The lowest BCUT2D eigenvalue weighted by molar-refractivity contribution is -0.115. The van der Waals surface area contributed by atoms with E-state index in [1.807, 2.05) is 18.2 Å². The molecule has 0 aliphatic carbocycles. The molecular formula is C19H19ClN4O2S. The van der Waals surface area contributed by atoms with Crippen molar-refractivity contribution in [1.82, 2.24) is 9.29 Å². The number of rotatable bonds is 4. The van der Waals surface area contributed by atoms with Crippen LogP contribution in [0.25, 0.3) is 0 Å². The highest BCUT2D eigenvalue weighted by Gasteiger charge is 2.23. The van der Waals surface area contributed by atoms with Crippen molar-refractivity contribution in [3.63, 3.8) is 0 Å². The molecule has 1 saturated heterocycles. The second-order valence-corrected chi connectivity index (χ2v) is 8.18. The Bertz CT molecular complexity index is 895. The van der Waals surface area contributed by atoms with E-state index in [9.17, 15) is 9.59 Å². The predicted molar refractivity (Wildman–Crippen MR) is 108 cm³/mol. The number of pyridine rings is 1. The average molecular weight is 403 g/mol. The maximum absolute atomic E-state index is 11.5. The van der Waals surface area contributed by atoms with Crippen molar-refractivity contribution in [2.75, 3.05) is 36.4 Å². The zero-order chi connectivity index (χ0) is 19.0. The molecule has 1 aromatic carbocycles. The van der Waals surface area contributed by atoms with Gasteiger partial charge in [0, 0.05) is 43.7 Å². The molecule has 4 rings (SSSR count). The third kappa shape index (κ3) is 3.95. The summed E-state index contributed by atoms with van der Waals surface area (Å²) >= 11 is 8.03. The van der Waals surface area contributed by atoms with Crippen LogP contribution >= 0.6 is 23.5 Å². The van der Waals surface area contributed by atoms with E-state index >= 15 is 0 Å². The van der Waals surface area contributed by atoms with E-state index in [1.54, 1.807) is 24.2 Å². The van der Waals surface area contributed by atoms with Crippen LogP contribution in [0.15, 0.2) is 35.4 Å². The van der Waals surface area contributed by atoms with Gasteiger partial charge < -0.3 is 10.2 Å². The Kier molecular flexibility index (Phi) is 5.08. The van der Waals surface area contributed by atoms with E-state index in [2.05, 4.69) is 19.5 Å². The number of nitrogens with one attached hydrogen (secondary N) is 1. The number of fused-ring (bicyclic) bond motifs is 1. The van der Waals surface area contributed by atoms with Crippen LogP contribution in [0.4, 0.5) is 11.4 Å². The Labute approximate surface area is 167 Å². The molecule has 0 bridgehead atoms. The number of hydrogen-bond donors (Lipinski definition) is 1. The van der Waals surface area contributed by atoms with Gasteiger partial charge in [0.25, 0.3) is 0 Å². The van der Waals surface area contributed by atoms with Gasteiger partial charge in [-0.2, -0.15) is 0 Å². The molecule has 6 nitrogen and oxygen atoms in total. The maximum Gasteiger partial charge on any atom is 0.228 e. The third-order valence-electron chi connectivity index (χ3n) is 4.72. The van der Waals surface area contributed by atoms with Gasteiger partial charge in [0.05, 0.1) is 23.3 Å². The summed E-state index contributed by atoms with van der Waals surface area (Å²) in [6.45, 7) is 5.02. The quantitative estimate of drug-likeness (QED) is 0.625. The van der Waals surface area contributed by atoms with E-state index in [4.69, 9.17) is 11.6 Å². The van der Waals surface area contributed by atoms with Gasteiger partial charge in [-0.05, 0) is 41.8 Å². The van der Waals surface area contributed by atoms with Crippen LogP contribution in [0.3, 0.4) is 0 Å². The molecule has 2 aliphatic rings. The first-order chi connectivity index (χ1) is 13.0. The number of halogens is 1. The lowest BCUT2D eigenvalue weighted by Gasteiger charge is -2.35. The number of benzene rings is 1. The molecule has 0 spiro atoms. The molecule has 1 amide bonds. The fourth-order valence-electron chi connectivity index (χ4n) is 3.25. The number of amides is 1. The summed E-state index contributed by atoms with van der Waals surface area (Å²) in [6.07, 6.45) is 2.18. The van der Waals surface area contributed by atoms with Gasteiger partial charge >= 0.3 is 0 Å². The topological polar surface area (TPSA) is 65.5 Å². The van der Waals surface area contributed by atoms with Crippen LogP contribution in [0.5, 0.6) is 0 Å². The number of nitrogens with zero attached hydrogens (tertiary/aromatic N) is 3. The Balaban J connectivity index is 1.38. The number of hydrogen-bond acceptors (Lipinski definition) is 6. The van der Waals surface area contributed by atoms with Crippen molar-refractivity contribution in [2.24, 2.45) is 0 Å². The molecule has 27 heavy (non-hydrogen) atoms. The van der Waals surface area contributed by atoms with Gasteiger partial charge in [-0.1, -0.05) is 11.6 Å². The van der Waals surface area contributed by atoms with E-state index < -0.39 is 0 Å². The molecule has 1 fully saturated rings. The highest BCUT2D eigenvalue weighted by molar-refractivity contribution is 7.97. The lowest BCUT2D eigenvalue weighted by Crippen LogP contribution is -2.43. The predicted octanol–water partition coefficient (Wildman–Crippen LogP) is 3.26. The molecular weight excluding hydrogens is 384 g/mol. The Morgan fingerprint density at radius 3 is 2.67 bits per heavy atom. The number of piperazine rings is 1. The van der Waals surface area contributed by atoms with E-state index in [0.29, 0.717) is 17.1 Å². The van der Waals surface area contributed by atoms with Crippen molar-refractivity contribution >= 4 is 46.6 Å². The minimum absolute atomic E-state index is 0.0150. The van der Waals surface area contributed by atoms with Crippen molar-refractivity contribution in [3.05, 3.63) is 46.7 Å². The van der Waals surface area contributed by atoms with Crippen molar-refractivity contribution in [3.8, 4) is 0 Å². The molecule has 8 heteroatoms. The summed E-state index contributed by atoms with van der Waals surface area (Å²) in [5.74, 6) is -0.00729. The fourth-order valence-corrected chi connectivity index (χ4v) is 4.49. The first-order valence-electron chi connectivity index (χ1n) is 8.77. The van der Waals surface area contributed by atoms with Crippen LogP contribution in [0, 0.1) is 0 Å². The second-order valence-electron chi connectivity index (χ2n) is 6.63. The zero-order valence-electron chi connectivity index (χ0n) is 14.9. The molecule has 0 saturated carbocycles. The summed E-state index contributed by atoms with van der Waals surface area (Å²) in [4.78, 5) is 30.4. The van der Waals surface area contributed by atoms with Crippen molar-refractivity contribution < 1.29 is 9.59 Å². The lowest BCUT2D eigenvalue weighted by atomic mass is 10.2. The second kappa shape index (κ2) is 7.50. The van der Waals surface area contributed by atoms with Gasteiger partial charge in [0.15, 0.2) is 5.78 Å². The molecule has 1 aromatic heterocycles. The smallest absolute Gasteiger partial charge is 0.228 e. The standard InChI is InChI=1S/C19H19ClN4O2S/c1-12(25)16-3-2-14(11-21-16)23-4-6-24(7-5-23)27-18-8-13-9-19(26)22-17(13)10-15(18)20/h2-3,8,10-11H,4-7,9H2,1H3,(H,22,26). The largest absolute Gasteiger partial charge is 0.368 e. The third-order valence-corrected chi connectivity index (χ3v) is 6.31. The van der Waals surface area contributed by atoms with Crippen molar-refractivity contribution in [2.45, 2.75) is 18.2 Å². The first-order valence-corrected chi connectivity index (χ1v) is 9.92. The van der Waals surface area contributed by atoms with Gasteiger partial charge in [-0.15, -0.1) is 0 Å². The normalized spacial score (nSPS) is 17.0. The van der Waals surface area contributed by atoms with Gasteiger partial charge in [0.1, 0.15) is 5.69 Å². The van der Waals surface area contributed by atoms with Gasteiger partial charge in [-0.3, -0.25) is 14.6 Å². The summed E-state index contributed by atoms with van der Waals surface area (Å²) < 4.78 is 2.28. The van der Waals surface area contributed by atoms with E-state index in [-0.39, 0.29) is 11.7 Å². The summed E-state index contributed by atoms with van der Waals surface area (Å²) in [7, 11) is 0. The first kappa shape index (κ1) is 18.3. The zero-order valence-corrected chi connectivity index (χ0v) is 16.4. The summed E-state index contributed by atoms with van der Waals surface area (Å²) in [5, 5.41) is 3.48. The van der Waals surface area contributed by atoms with Gasteiger partial charge in [-0.25, -0.2) is 4.31 Å². The average Bonchev–Trinajstić information content (AvgIpc) is 3.01. The van der Waals surface area contributed by atoms with Crippen LogP contribution in [0.2, 0.25) is 5.02 Å². The number of ketones is 1. The number of aromatic nitrogens is 1. The van der Waals surface area contributed by atoms with E-state index in [1.165, 1.54) is 6.92 Å². The molecule has 1 N–H and O–H groups in total. The number of carbonyl (C=O) groups excluding carboxylic acids is 2. The minimum Gasteiger partial charge on any atom is -0.368 e. The molecule has 3 heterocycles. The Morgan fingerprint density at radius 2 is 2.00 bits per heavy atom. The van der Waals surface area contributed by atoms with Crippen LogP contribution in [-0.4, -0.2) is 47.2 Å². The van der Waals surface area contributed by atoms with Gasteiger partial charge in [0.2, 0.25) is 5.91 Å². The monoisotopic (exact) mass is 402 g/mol. The van der Waals surface area contributed by atoms with Crippen LogP contribution < -0.4 is 10.2 Å².